The van der Waals surface area contributed by atoms with Gasteiger partial charge in [0.25, 0.3) is 0 Å². The third-order valence-corrected chi connectivity index (χ3v) is 1.55. The molecule has 0 aliphatic heterocycles. The van der Waals surface area contributed by atoms with Crippen LogP contribution in [0.2, 0.25) is 0 Å². The summed E-state index contributed by atoms with van der Waals surface area (Å²) in [7, 11) is 0. The topological polar surface area (TPSA) is 91.3 Å². The Hall–Kier alpha value is -2.11. The molecule has 0 aromatic carbocycles. The highest BCUT2D eigenvalue weighted by Gasteiger charge is 2.03. The summed E-state index contributed by atoms with van der Waals surface area (Å²) in [4.78, 5) is 25.2. The number of nitrogens with one attached hydrogen (secondary N) is 2. The van der Waals surface area contributed by atoms with Gasteiger partial charge in [-0.1, -0.05) is 0 Å². The van der Waals surface area contributed by atoms with Crippen LogP contribution in [0.15, 0.2) is 18.3 Å². The molecule has 3 N–H and O–H groups in total. The normalized spacial score (nSPS) is 9.40. The van der Waals surface area contributed by atoms with E-state index in [1.165, 1.54) is 0 Å². The first-order chi connectivity index (χ1) is 7.08. The zero-order chi connectivity index (χ0) is 11.3. The molecule has 0 saturated heterocycles. The van der Waals surface area contributed by atoms with Crippen molar-refractivity contribution in [1.82, 2.24) is 10.3 Å². The number of hydrogen-bond donors (Lipinski definition) is 3. The Morgan fingerprint density at radius 1 is 1.53 bits per heavy atom. The molecule has 0 aliphatic rings. The molecule has 0 saturated carbocycles. The standard InChI is InChI=1S/C9H11N3O3/c1-6-4-7(2-3-10-6)12-9(15)11-5-8(13)14/h2-4H,5H2,1H3,(H,13,14)(H2,10,11,12,15). The van der Waals surface area contributed by atoms with Gasteiger partial charge in [-0.25, -0.2) is 4.79 Å². The monoisotopic (exact) mass is 209 g/mol. The van der Waals surface area contributed by atoms with Gasteiger partial charge in [0.05, 0.1) is 0 Å². The number of pyridine rings is 1. The van der Waals surface area contributed by atoms with E-state index in [2.05, 4.69) is 15.6 Å². The van der Waals surface area contributed by atoms with Crippen LogP contribution in [0.1, 0.15) is 5.69 Å². The predicted octanol–water partition coefficient (Wildman–Crippen LogP) is 0.596. The van der Waals surface area contributed by atoms with Crippen LogP contribution in [0.25, 0.3) is 0 Å². The molecule has 6 nitrogen and oxygen atoms in total. The number of carbonyl (C=O) groups is 2. The fraction of sp³-hybridized carbons (Fsp3) is 0.222. The molecule has 1 heterocycles. The van der Waals surface area contributed by atoms with Gasteiger partial charge in [-0.15, -0.1) is 0 Å². The largest absolute Gasteiger partial charge is 0.480 e. The van der Waals surface area contributed by atoms with E-state index < -0.39 is 18.5 Å². The first-order valence-corrected chi connectivity index (χ1v) is 4.27. The SMILES string of the molecule is Cc1cc(NC(=O)NCC(=O)O)ccn1. The number of urea groups is 1. The van der Waals surface area contributed by atoms with Gasteiger partial charge < -0.3 is 15.7 Å². The Morgan fingerprint density at radius 3 is 2.87 bits per heavy atom. The molecule has 0 aliphatic carbocycles. The fourth-order valence-electron chi connectivity index (χ4n) is 0.954. The van der Waals surface area contributed by atoms with Gasteiger partial charge in [0.15, 0.2) is 0 Å². The molecular weight excluding hydrogens is 198 g/mol. The number of carboxylic acids is 1. The molecule has 0 fully saturated rings. The highest BCUT2D eigenvalue weighted by atomic mass is 16.4. The fourth-order valence-corrected chi connectivity index (χ4v) is 0.954. The van der Waals surface area contributed by atoms with Crippen LogP contribution in [-0.2, 0) is 4.79 Å². The van der Waals surface area contributed by atoms with Crippen molar-refractivity contribution in [2.75, 3.05) is 11.9 Å². The van der Waals surface area contributed by atoms with E-state index in [9.17, 15) is 9.59 Å². The maximum absolute atomic E-state index is 11.1. The summed E-state index contributed by atoms with van der Waals surface area (Å²) in [6.45, 7) is 1.39. The number of carbonyl (C=O) groups excluding carboxylic acids is 1. The maximum atomic E-state index is 11.1. The van der Waals surface area contributed by atoms with Gasteiger partial charge in [0.2, 0.25) is 0 Å². The van der Waals surface area contributed by atoms with E-state index in [1.807, 2.05) is 0 Å². The molecule has 15 heavy (non-hydrogen) atoms. The second-order valence-electron chi connectivity index (χ2n) is 2.89. The molecule has 1 aromatic heterocycles. The highest BCUT2D eigenvalue weighted by Crippen LogP contribution is 2.06. The lowest BCUT2D eigenvalue weighted by Gasteiger charge is -2.05. The van der Waals surface area contributed by atoms with Gasteiger partial charge in [0, 0.05) is 17.6 Å². The maximum Gasteiger partial charge on any atom is 0.323 e. The van der Waals surface area contributed by atoms with Crippen molar-refractivity contribution in [3.63, 3.8) is 0 Å². The highest BCUT2D eigenvalue weighted by molar-refractivity contribution is 5.91. The van der Waals surface area contributed by atoms with Crippen LogP contribution in [0.3, 0.4) is 0 Å². The van der Waals surface area contributed by atoms with Gasteiger partial charge in [0.1, 0.15) is 6.54 Å². The van der Waals surface area contributed by atoms with Crippen molar-refractivity contribution in [2.24, 2.45) is 0 Å². The number of nitrogens with zero attached hydrogens (tertiary/aromatic N) is 1. The number of carboxylic acid groups (broad SMARTS) is 1. The van der Waals surface area contributed by atoms with Crippen LogP contribution >= 0.6 is 0 Å². The number of aryl methyl sites for hydroxylation is 1. The van der Waals surface area contributed by atoms with Crippen LogP contribution in [-0.4, -0.2) is 28.6 Å². The molecular formula is C9H11N3O3. The lowest BCUT2D eigenvalue weighted by molar-refractivity contribution is -0.135. The average Bonchev–Trinajstić information content (AvgIpc) is 2.15. The molecule has 0 atom stereocenters. The Labute approximate surface area is 86.3 Å². The smallest absolute Gasteiger partial charge is 0.323 e. The second kappa shape index (κ2) is 4.94. The first kappa shape index (κ1) is 11.0. The lowest BCUT2D eigenvalue weighted by Crippen LogP contribution is -2.33. The summed E-state index contributed by atoms with van der Waals surface area (Å²) in [6.07, 6.45) is 1.56. The van der Waals surface area contributed by atoms with E-state index in [-0.39, 0.29) is 0 Å². The molecule has 0 unspecified atom stereocenters. The summed E-state index contributed by atoms with van der Waals surface area (Å²) >= 11 is 0. The van der Waals surface area contributed by atoms with Gasteiger partial charge >= 0.3 is 12.0 Å². The zero-order valence-corrected chi connectivity index (χ0v) is 8.15. The Bertz CT molecular complexity index is 379. The Balaban J connectivity index is 2.48. The molecule has 1 aromatic rings. The minimum atomic E-state index is -1.09. The van der Waals surface area contributed by atoms with Gasteiger partial charge in [-0.3, -0.25) is 9.78 Å². The van der Waals surface area contributed by atoms with Crippen molar-refractivity contribution in [3.8, 4) is 0 Å². The number of anilines is 1. The van der Waals surface area contributed by atoms with Crippen molar-refractivity contribution < 1.29 is 14.7 Å². The summed E-state index contributed by atoms with van der Waals surface area (Å²) in [6, 6.07) is 2.75. The van der Waals surface area contributed by atoms with Gasteiger partial charge in [-0.05, 0) is 19.1 Å². The molecule has 1 rings (SSSR count). The van der Waals surface area contributed by atoms with Crippen LogP contribution in [0, 0.1) is 6.92 Å². The van der Waals surface area contributed by atoms with Crippen molar-refractivity contribution in [1.29, 1.82) is 0 Å². The lowest BCUT2D eigenvalue weighted by atomic mass is 10.3. The summed E-state index contributed by atoms with van der Waals surface area (Å²) in [5, 5.41) is 13.0. The van der Waals surface area contributed by atoms with E-state index >= 15 is 0 Å². The molecule has 6 heteroatoms. The third-order valence-electron chi connectivity index (χ3n) is 1.55. The van der Waals surface area contributed by atoms with Crippen molar-refractivity contribution in [2.45, 2.75) is 6.92 Å². The number of rotatable bonds is 3. The molecule has 2 amide bonds. The number of aromatic nitrogens is 1. The van der Waals surface area contributed by atoms with Crippen molar-refractivity contribution in [3.05, 3.63) is 24.0 Å². The van der Waals surface area contributed by atoms with E-state index in [0.29, 0.717) is 5.69 Å². The van der Waals surface area contributed by atoms with Crippen LogP contribution in [0.4, 0.5) is 10.5 Å². The van der Waals surface area contributed by atoms with E-state index in [0.717, 1.165) is 5.69 Å². The number of amides is 2. The summed E-state index contributed by atoms with van der Waals surface area (Å²) < 4.78 is 0. The van der Waals surface area contributed by atoms with Crippen LogP contribution < -0.4 is 10.6 Å². The molecule has 80 valence electrons. The molecule has 0 radical (unpaired) electrons. The second-order valence-corrected chi connectivity index (χ2v) is 2.89. The van der Waals surface area contributed by atoms with Crippen molar-refractivity contribution >= 4 is 17.7 Å². The minimum absolute atomic E-state index is 0.407. The summed E-state index contributed by atoms with van der Waals surface area (Å²) in [5.41, 5.74) is 1.34. The Morgan fingerprint density at radius 2 is 2.27 bits per heavy atom. The van der Waals surface area contributed by atoms with Crippen LogP contribution in [0.5, 0.6) is 0 Å². The van der Waals surface area contributed by atoms with E-state index in [1.54, 1.807) is 25.3 Å². The molecule has 0 bridgehead atoms. The van der Waals surface area contributed by atoms with E-state index in [4.69, 9.17) is 5.11 Å². The quantitative estimate of drug-likeness (QED) is 0.679. The predicted molar refractivity (Wildman–Crippen MR) is 53.6 cm³/mol. The number of hydrogen-bond acceptors (Lipinski definition) is 3. The minimum Gasteiger partial charge on any atom is -0.480 e. The Kier molecular flexibility index (Phi) is 3.61. The van der Waals surface area contributed by atoms with Gasteiger partial charge in [-0.2, -0.15) is 0 Å². The molecule has 0 spiro atoms. The summed E-state index contributed by atoms with van der Waals surface area (Å²) in [5.74, 6) is -1.09. The average molecular weight is 209 g/mol. The third kappa shape index (κ3) is 4.08. The zero-order valence-electron chi connectivity index (χ0n) is 8.15. The number of aliphatic carboxylic acids is 1. The first-order valence-electron chi connectivity index (χ1n) is 4.27.